The van der Waals surface area contributed by atoms with Crippen LogP contribution >= 0.6 is 11.3 Å². The summed E-state index contributed by atoms with van der Waals surface area (Å²) >= 11 is 1.21. The molecule has 0 spiro atoms. The zero-order valence-corrected chi connectivity index (χ0v) is 11.1. The monoisotopic (exact) mass is 256 g/mol. The molecule has 1 heterocycles. The molecule has 0 aliphatic rings. The average Bonchev–Trinajstić information content (AvgIpc) is 2.58. The molecule has 0 aliphatic carbocycles. The summed E-state index contributed by atoms with van der Waals surface area (Å²) in [5.74, 6) is -1.42. The molecule has 0 saturated heterocycles. The van der Waals surface area contributed by atoms with Crippen LogP contribution in [0.5, 0.6) is 0 Å². The van der Waals surface area contributed by atoms with Gasteiger partial charge >= 0.3 is 5.97 Å². The summed E-state index contributed by atoms with van der Waals surface area (Å²) in [5, 5.41) is 11.6. The van der Waals surface area contributed by atoms with Crippen molar-refractivity contribution in [1.82, 2.24) is 10.3 Å². The molecule has 0 saturated carbocycles. The summed E-state index contributed by atoms with van der Waals surface area (Å²) in [6, 6.07) is -0.920. The highest BCUT2D eigenvalue weighted by molar-refractivity contribution is 7.11. The van der Waals surface area contributed by atoms with Crippen molar-refractivity contribution in [3.05, 3.63) is 16.1 Å². The molecule has 94 valence electrons. The number of aryl methyl sites for hydroxylation is 1. The van der Waals surface area contributed by atoms with Gasteiger partial charge in [-0.05, 0) is 12.3 Å². The lowest BCUT2D eigenvalue weighted by atomic mass is 9.87. The van der Waals surface area contributed by atoms with Gasteiger partial charge in [-0.2, -0.15) is 0 Å². The largest absolute Gasteiger partial charge is 0.480 e. The van der Waals surface area contributed by atoms with Crippen molar-refractivity contribution in [2.75, 3.05) is 0 Å². The Balaban J connectivity index is 2.86. The summed E-state index contributed by atoms with van der Waals surface area (Å²) in [4.78, 5) is 27.4. The summed E-state index contributed by atoms with van der Waals surface area (Å²) in [6.45, 7) is 7.03. The molecule has 0 aliphatic heterocycles. The molecule has 0 aromatic carbocycles. The number of nitrogens with one attached hydrogen (secondary N) is 1. The van der Waals surface area contributed by atoms with Gasteiger partial charge in [-0.25, -0.2) is 9.78 Å². The number of hydrogen-bond acceptors (Lipinski definition) is 4. The maximum absolute atomic E-state index is 11.9. The number of carboxylic acid groups (broad SMARTS) is 1. The first-order chi connectivity index (χ1) is 7.73. The number of amides is 1. The third kappa shape index (κ3) is 3.26. The van der Waals surface area contributed by atoms with Gasteiger partial charge in [0.2, 0.25) is 0 Å². The highest BCUT2D eigenvalue weighted by atomic mass is 32.1. The lowest BCUT2D eigenvalue weighted by Gasteiger charge is -2.27. The number of nitrogens with zero attached hydrogens (tertiary/aromatic N) is 1. The Morgan fingerprint density at radius 2 is 2.06 bits per heavy atom. The molecule has 5 nitrogen and oxygen atoms in total. The van der Waals surface area contributed by atoms with Crippen molar-refractivity contribution in [2.45, 2.75) is 33.7 Å². The van der Waals surface area contributed by atoms with Gasteiger partial charge in [0, 0.05) is 0 Å². The van der Waals surface area contributed by atoms with Crippen LogP contribution in [0.15, 0.2) is 5.51 Å². The first kappa shape index (κ1) is 13.6. The predicted molar refractivity (Wildman–Crippen MR) is 65.2 cm³/mol. The number of thiazole rings is 1. The van der Waals surface area contributed by atoms with Gasteiger partial charge in [0.25, 0.3) is 5.91 Å². The van der Waals surface area contributed by atoms with E-state index < -0.39 is 17.4 Å². The lowest BCUT2D eigenvalue weighted by molar-refractivity contribution is -0.142. The third-order valence-corrected chi connectivity index (χ3v) is 3.27. The van der Waals surface area contributed by atoms with Gasteiger partial charge in [0.05, 0.1) is 11.2 Å². The molecule has 1 rings (SSSR count). The molecular weight excluding hydrogens is 240 g/mol. The van der Waals surface area contributed by atoms with Crippen LogP contribution in [0.3, 0.4) is 0 Å². The Hall–Kier alpha value is -1.43. The number of carbonyl (C=O) groups excluding carboxylic acids is 1. The van der Waals surface area contributed by atoms with Crippen molar-refractivity contribution in [2.24, 2.45) is 5.41 Å². The molecule has 0 bridgehead atoms. The Labute approximate surface area is 104 Å². The minimum Gasteiger partial charge on any atom is -0.480 e. The maximum Gasteiger partial charge on any atom is 0.326 e. The topological polar surface area (TPSA) is 79.3 Å². The number of carboxylic acids is 1. The van der Waals surface area contributed by atoms with Crippen LogP contribution in [-0.4, -0.2) is 28.0 Å². The molecule has 2 N–H and O–H groups in total. The molecule has 0 radical (unpaired) electrons. The van der Waals surface area contributed by atoms with E-state index in [4.69, 9.17) is 5.11 Å². The second-order valence-electron chi connectivity index (χ2n) is 4.88. The van der Waals surface area contributed by atoms with Crippen LogP contribution in [0, 0.1) is 12.3 Å². The number of aliphatic carboxylic acids is 1. The van der Waals surface area contributed by atoms with Crippen LogP contribution in [0.25, 0.3) is 0 Å². The number of aromatic nitrogens is 1. The first-order valence-corrected chi connectivity index (χ1v) is 6.05. The molecule has 1 aromatic heterocycles. The van der Waals surface area contributed by atoms with E-state index in [1.807, 2.05) is 0 Å². The normalized spacial score (nSPS) is 13.2. The highest BCUT2D eigenvalue weighted by Crippen LogP contribution is 2.21. The standard InChI is InChI=1S/C11H16N2O3S/c1-6-7(17-5-12-6)9(14)13-8(10(15)16)11(2,3)4/h5,8H,1-4H3,(H,13,14)(H,15,16). The fourth-order valence-electron chi connectivity index (χ4n) is 1.37. The molecule has 1 aromatic rings. The molecule has 1 atom stereocenters. The maximum atomic E-state index is 11.9. The van der Waals surface area contributed by atoms with E-state index in [0.717, 1.165) is 0 Å². The van der Waals surface area contributed by atoms with Crippen molar-refractivity contribution in [1.29, 1.82) is 0 Å². The van der Waals surface area contributed by atoms with E-state index in [0.29, 0.717) is 10.6 Å². The van der Waals surface area contributed by atoms with E-state index in [1.165, 1.54) is 11.3 Å². The van der Waals surface area contributed by atoms with Gasteiger partial charge in [0.1, 0.15) is 10.9 Å². The van der Waals surface area contributed by atoms with Crippen LogP contribution < -0.4 is 5.32 Å². The van der Waals surface area contributed by atoms with Crippen molar-refractivity contribution in [3.63, 3.8) is 0 Å². The SMILES string of the molecule is Cc1ncsc1C(=O)NC(C(=O)O)C(C)(C)C. The predicted octanol–water partition coefficient (Wildman–Crippen LogP) is 1.68. The van der Waals surface area contributed by atoms with Gasteiger partial charge in [-0.1, -0.05) is 20.8 Å². The summed E-state index contributed by atoms with van der Waals surface area (Å²) < 4.78 is 0. The summed E-state index contributed by atoms with van der Waals surface area (Å²) in [7, 11) is 0. The Bertz CT molecular complexity index is 434. The lowest BCUT2D eigenvalue weighted by Crippen LogP contribution is -2.49. The van der Waals surface area contributed by atoms with E-state index in [9.17, 15) is 9.59 Å². The quantitative estimate of drug-likeness (QED) is 0.862. The Morgan fingerprint density at radius 3 is 2.41 bits per heavy atom. The number of rotatable bonds is 3. The molecule has 6 heteroatoms. The number of hydrogen-bond donors (Lipinski definition) is 2. The highest BCUT2D eigenvalue weighted by Gasteiger charge is 2.33. The molecule has 0 fully saturated rings. The minimum absolute atomic E-state index is 0.382. The van der Waals surface area contributed by atoms with E-state index in [1.54, 1.807) is 33.2 Å². The van der Waals surface area contributed by atoms with Crippen molar-refractivity contribution < 1.29 is 14.7 Å². The summed E-state index contributed by atoms with van der Waals surface area (Å²) in [6.07, 6.45) is 0. The Kier molecular flexibility index (Phi) is 3.87. The van der Waals surface area contributed by atoms with Gasteiger partial charge in [-0.3, -0.25) is 4.79 Å². The molecule has 1 amide bonds. The molecule has 1 unspecified atom stereocenters. The second-order valence-corrected chi connectivity index (χ2v) is 5.73. The van der Waals surface area contributed by atoms with E-state index in [2.05, 4.69) is 10.3 Å². The Morgan fingerprint density at radius 1 is 1.47 bits per heavy atom. The zero-order chi connectivity index (χ0) is 13.2. The average molecular weight is 256 g/mol. The van der Waals surface area contributed by atoms with Crippen LogP contribution in [0.1, 0.15) is 36.1 Å². The van der Waals surface area contributed by atoms with Gasteiger partial charge < -0.3 is 10.4 Å². The van der Waals surface area contributed by atoms with Crippen molar-refractivity contribution in [3.8, 4) is 0 Å². The van der Waals surface area contributed by atoms with Crippen LogP contribution in [0.4, 0.5) is 0 Å². The first-order valence-electron chi connectivity index (χ1n) is 5.17. The van der Waals surface area contributed by atoms with E-state index in [-0.39, 0.29) is 5.91 Å². The minimum atomic E-state index is -1.03. The number of carbonyl (C=O) groups is 2. The third-order valence-electron chi connectivity index (χ3n) is 2.34. The second kappa shape index (κ2) is 4.83. The van der Waals surface area contributed by atoms with Crippen LogP contribution in [-0.2, 0) is 4.79 Å². The molecular formula is C11H16N2O3S. The van der Waals surface area contributed by atoms with Gasteiger partial charge in [0.15, 0.2) is 0 Å². The smallest absolute Gasteiger partial charge is 0.326 e. The fourth-order valence-corrected chi connectivity index (χ4v) is 2.07. The van der Waals surface area contributed by atoms with Gasteiger partial charge in [-0.15, -0.1) is 11.3 Å². The molecule has 17 heavy (non-hydrogen) atoms. The van der Waals surface area contributed by atoms with Crippen LogP contribution in [0.2, 0.25) is 0 Å². The summed E-state index contributed by atoms with van der Waals surface area (Å²) in [5.41, 5.74) is 1.64. The zero-order valence-electron chi connectivity index (χ0n) is 10.3. The fraction of sp³-hybridized carbons (Fsp3) is 0.545. The van der Waals surface area contributed by atoms with E-state index >= 15 is 0 Å². The van der Waals surface area contributed by atoms with Crippen molar-refractivity contribution >= 4 is 23.2 Å².